The van der Waals surface area contributed by atoms with E-state index in [-0.39, 0.29) is 6.03 Å². The molecule has 0 bridgehead atoms. The van der Waals surface area contributed by atoms with E-state index in [0.717, 1.165) is 32.3 Å². The van der Waals surface area contributed by atoms with Gasteiger partial charge in [-0.15, -0.1) is 0 Å². The van der Waals surface area contributed by atoms with Gasteiger partial charge < -0.3 is 20.1 Å². The van der Waals surface area contributed by atoms with Crippen LogP contribution in [0.3, 0.4) is 0 Å². The number of carboxylic acids is 1. The molecular formula is C15H26N2O4. The van der Waals surface area contributed by atoms with Crippen molar-refractivity contribution in [2.75, 3.05) is 26.2 Å². The van der Waals surface area contributed by atoms with Crippen LogP contribution in [0.15, 0.2) is 0 Å². The SMILES string of the molecule is CCOC1CC(CCNC(=O)N2CCCC(C(=O)O)C2)C1. The van der Waals surface area contributed by atoms with Crippen LogP contribution >= 0.6 is 0 Å². The number of likely N-dealkylation sites (tertiary alicyclic amines) is 1. The quantitative estimate of drug-likeness (QED) is 0.782. The van der Waals surface area contributed by atoms with E-state index in [4.69, 9.17) is 9.84 Å². The van der Waals surface area contributed by atoms with Crippen molar-refractivity contribution >= 4 is 12.0 Å². The number of hydrogen-bond donors (Lipinski definition) is 2. The minimum Gasteiger partial charge on any atom is -0.481 e. The summed E-state index contributed by atoms with van der Waals surface area (Å²) in [5.74, 6) is -0.568. The topological polar surface area (TPSA) is 78.9 Å². The monoisotopic (exact) mass is 298 g/mol. The van der Waals surface area contributed by atoms with Crippen LogP contribution < -0.4 is 5.32 Å². The number of piperidine rings is 1. The lowest BCUT2D eigenvalue weighted by atomic mass is 9.80. The summed E-state index contributed by atoms with van der Waals surface area (Å²) in [5.41, 5.74) is 0. The Morgan fingerprint density at radius 1 is 1.38 bits per heavy atom. The molecular weight excluding hydrogens is 272 g/mol. The third-order valence-electron chi connectivity index (χ3n) is 4.48. The molecule has 2 N–H and O–H groups in total. The van der Waals surface area contributed by atoms with Crippen molar-refractivity contribution in [2.24, 2.45) is 11.8 Å². The number of nitrogens with one attached hydrogen (secondary N) is 1. The largest absolute Gasteiger partial charge is 0.481 e. The molecule has 1 heterocycles. The number of carbonyl (C=O) groups is 2. The van der Waals surface area contributed by atoms with E-state index in [1.165, 1.54) is 0 Å². The highest BCUT2D eigenvalue weighted by atomic mass is 16.5. The van der Waals surface area contributed by atoms with Gasteiger partial charge in [-0.05, 0) is 44.9 Å². The van der Waals surface area contributed by atoms with Crippen molar-refractivity contribution in [1.29, 1.82) is 0 Å². The second-order valence-electron chi connectivity index (χ2n) is 6.06. The molecule has 0 aromatic rings. The summed E-state index contributed by atoms with van der Waals surface area (Å²) >= 11 is 0. The molecule has 1 saturated heterocycles. The van der Waals surface area contributed by atoms with Crippen molar-refractivity contribution in [3.63, 3.8) is 0 Å². The first-order valence-electron chi connectivity index (χ1n) is 7.97. The third-order valence-corrected chi connectivity index (χ3v) is 4.48. The summed E-state index contributed by atoms with van der Waals surface area (Å²) in [7, 11) is 0. The van der Waals surface area contributed by atoms with Gasteiger partial charge in [-0.2, -0.15) is 0 Å². The Hall–Kier alpha value is -1.30. The smallest absolute Gasteiger partial charge is 0.317 e. The zero-order chi connectivity index (χ0) is 15.2. The van der Waals surface area contributed by atoms with Crippen molar-refractivity contribution in [3.8, 4) is 0 Å². The molecule has 1 unspecified atom stereocenters. The van der Waals surface area contributed by atoms with E-state index in [0.29, 0.717) is 38.1 Å². The fourth-order valence-electron chi connectivity index (χ4n) is 3.14. The van der Waals surface area contributed by atoms with Gasteiger partial charge in [-0.1, -0.05) is 0 Å². The molecule has 1 saturated carbocycles. The number of nitrogens with zero attached hydrogens (tertiary/aromatic N) is 1. The molecule has 6 nitrogen and oxygen atoms in total. The van der Waals surface area contributed by atoms with Gasteiger partial charge in [0.05, 0.1) is 12.0 Å². The Labute approximate surface area is 125 Å². The molecule has 2 aliphatic rings. The summed E-state index contributed by atoms with van der Waals surface area (Å²) in [6.07, 6.45) is 5.01. The summed E-state index contributed by atoms with van der Waals surface area (Å²) < 4.78 is 5.51. The molecule has 120 valence electrons. The summed E-state index contributed by atoms with van der Waals surface area (Å²) in [6.45, 7) is 4.43. The second-order valence-corrected chi connectivity index (χ2v) is 6.06. The Morgan fingerprint density at radius 2 is 2.14 bits per heavy atom. The molecule has 1 atom stereocenters. The van der Waals surface area contributed by atoms with Crippen LogP contribution in [0.4, 0.5) is 4.79 Å². The fraction of sp³-hybridized carbons (Fsp3) is 0.867. The Morgan fingerprint density at radius 3 is 2.81 bits per heavy atom. The number of hydrogen-bond acceptors (Lipinski definition) is 3. The normalized spacial score (nSPS) is 28.8. The van der Waals surface area contributed by atoms with Crippen molar-refractivity contribution in [1.82, 2.24) is 10.2 Å². The number of rotatable bonds is 6. The van der Waals surface area contributed by atoms with Crippen LogP contribution in [-0.4, -0.2) is 54.4 Å². The molecule has 2 rings (SSSR count). The first-order chi connectivity index (χ1) is 10.1. The Kier molecular flexibility index (Phi) is 5.85. The molecule has 2 amide bonds. The van der Waals surface area contributed by atoms with E-state index >= 15 is 0 Å². The predicted molar refractivity (Wildman–Crippen MR) is 78.1 cm³/mol. The molecule has 21 heavy (non-hydrogen) atoms. The summed E-state index contributed by atoms with van der Waals surface area (Å²) in [6, 6.07) is -0.123. The second kappa shape index (κ2) is 7.64. The van der Waals surface area contributed by atoms with Crippen LogP contribution in [0.1, 0.15) is 39.0 Å². The standard InChI is InChI=1S/C15H26N2O4/c1-2-21-13-8-11(9-13)5-6-16-15(20)17-7-3-4-12(10-17)14(18)19/h11-13H,2-10H2,1H3,(H,16,20)(H,18,19). The summed E-state index contributed by atoms with van der Waals surface area (Å²) in [4.78, 5) is 24.6. The van der Waals surface area contributed by atoms with Gasteiger partial charge in [0.1, 0.15) is 0 Å². The predicted octanol–water partition coefficient (Wildman–Crippen LogP) is 1.70. The third kappa shape index (κ3) is 4.59. The van der Waals surface area contributed by atoms with Crippen LogP contribution in [0.25, 0.3) is 0 Å². The first kappa shape index (κ1) is 16.1. The average Bonchev–Trinajstić information content (AvgIpc) is 2.44. The average molecular weight is 298 g/mol. The maximum absolute atomic E-state index is 12.0. The number of carbonyl (C=O) groups excluding carboxylic acids is 1. The molecule has 2 fully saturated rings. The van der Waals surface area contributed by atoms with E-state index in [9.17, 15) is 9.59 Å². The number of urea groups is 1. The minimum absolute atomic E-state index is 0.123. The van der Waals surface area contributed by atoms with Crippen molar-refractivity contribution in [2.45, 2.75) is 45.1 Å². The van der Waals surface area contributed by atoms with Crippen LogP contribution in [0.5, 0.6) is 0 Å². The Bertz CT molecular complexity index is 369. The van der Waals surface area contributed by atoms with Crippen LogP contribution in [0, 0.1) is 11.8 Å². The number of ether oxygens (including phenoxy) is 1. The van der Waals surface area contributed by atoms with Crippen LogP contribution in [0.2, 0.25) is 0 Å². The van der Waals surface area contributed by atoms with Gasteiger partial charge in [-0.25, -0.2) is 4.79 Å². The number of aliphatic carboxylic acids is 1. The van der Waals surface area contributed by atoms with Crippen molar-refractivity contribution in [3.05, 3.63) is 0 Å². The highest BCUT2D eigenvalue weighted by Crippen LogP contribution is 2.32. The van der Waals surface area contributed by atoms with Gasteiger partial charge in [-0.3, -0.25) is 4.79 Å². The minimum atomic E-state index is -0.802. The van der Waals surface area contributed by atoms with Gasteiger partial charge in [0, 0.05) is 26.2 Å². The molecule has 0 radical (unpaired) electrons. The zero-order valence-corrected chi connectivity index (χ0v) is 12.7. The first-order valence-corrected chi connectivity index (χ1v) is 7.97. The molecule has 0 aromatic carbocycles. The van der Waals surface area contributed by atoms with Crippen LogP contribution in [-0.2, 0) is 9.53 Å². The van der Waals surface area contributed by atoms with E-state index in [2.05, 4.69) is 5.32 Å². The highest BCUT2D eigenvalue weighted by molar-refractivity contribution is 5.76. The molecule has 6 heteroatoms. The molecule has 1 aliphatic carbocycles. The van der Waals surface area contributed by atoms with Crippen molar-refractivity contribution < 1.29 is 19.4 Å². The lowest BCUT2D eigenvalue weighted by Crippen LogP contribution is -2.47. The maximum atomic E-state index is 12.0. The lowest BCUT2D eigenvalue weighted by Gasteiger charge is -2.35. The summed E-state index contributed by atoms with van der Waals surface area (Å²) in [5, 5.41) is 11.9. The zero-order valence-electron chi connectivity index (χ0n) is 12.7. The maximum Gasteiger partial charge on any atom is 0.317 e. The van der Waals surface area contributed by atoms with Gasteiger partial charge in [0.15, 0.2) is 0 Å². The van der Waals surface area contributed by atoms with E-state index < -0.39 is 11.9 Å². The van der Waals surface area contributed by atoms with Gasteiger partial charge >= 0.3 is 12.0 Å². The number of carboxylic acid groups (broad SMARTS) is 1. The van der Waals surface area contributed by atoms with E-state index in [1.807, 2.05) is 6.92 Å². The molecule has 1 aliphatic heterocycles. The number of amides is 2. The van der Waals surface area contributed by atoms with E-state index in [1.54, 1.807) is 4.90 Å². The lowest BCUT2D eigenvalue weighted by molar-refractivity contribution is -0.143. The highest BCUT2D eigenvalue weighted by Gasteiger charge is 2.30. The Balaban J connectivity index is 1.60. The molecule has 0 aromatic heterocycles. The van der Waals surface area contributed by atoms with Gasteiger partial charge in [0.25, 0.3) is 0 Å². The fourth-order valence-corrected chi connectivity index (χ4v) is 3.14. The van der Waals surface area contributed by atoms with Gasteiger partial charge in [0.2, 0.25) is 0 Å². The molecule has 0 spiro atoms.